The van der Waals surface area contributed by atoms with E-state index in [-0.39, 0.29) is 17.9 Å². The first-order chi connectivity index (χ1) is 8.06. The fraction of sp³-hybridized carbons (Fsp3) is 0.846. The molecular weight excluding hydrogens is 220 g/mol. The molecule has 0 aromatic carbocycles. The quantitative estimate of drug-likeness (QED) is 0.390. The minimum Gasteiger partial charge on any atom is -0.459 e. The maximum Gasteiger partial charge on any atom is 0.320 e. The van der Waals surface area contributed by atoms with Crippen LogP contribution in [0, 0.1) is 5.41 Å². The van der Waals surface area contributed by atoms with Crippen LogP contribution in [0.15, 0.2) is 0 Å². The van der Waals surface area contributed by atoms with Gasteiger partial charge in [0.2, 0.25) is 0 Å². The summed E-state index contributed by atoms with van der Waals surface area (Å²) in [5.74, 6) is -0.474. The maximum absolute atomic E-state index is 11.8. The second-order valence-corrected chi connectivity index (χ2v) is 4.65. The summed E-state index contributed by atoms with van der Waals surface area (Å²) in [5, 5.41) is 0. The zero-order chi connectivity index (χ0) is 12.9. The Bertz CT molecular complexity index is 287. The lowest BCUT2D eigenvalue weighted by atomic mass is 9.79. The van der Waals surface area contributed by atoms with Gasteiger partial charge in [0.15, 0.2) is 0 Å². The second-order valence-electron chi connectivity index (χ2n) is 4.65. The molecule has 0 N–H and O–H groups in total. The topological polar surface area (TPSA) is 52.6 Å². The van der Waals surface area contributed by atoms with Crippen LogP contribution in [0.1, 0.15) is 46.5 Å². The van der Waals surface area contributed by atoms with Gasteiger partial charge in [-0.3, -0.25) is 9.59 Å². The van der Waals surface area contributed by atoms with Crippen LogP contribution in [-0.2, 0) is 19.1 Å². The minimum absolute atomic E-state index is 0.0962. The first-order valence-electron chi connectivity index (χ1n) is 6.36. The van der Waals surface area contributed by atoms with Crippen molar-refractivity contribution in [3.8, 4) is 0 Å². The summed E-state index contributed by atoms with van der Waals surface area (Å²) in [7, 11) is 0. The molecular formula is C13H22O4. The van der Waals surface area contributed by atoms with Crippen LogP contribution < -0.4 is 0 Å². The van der Waals surface area contributed by atoms with E-state index in [4.69, 9.17) is 9.47 Å². The highest BCUT2D eigenvalue weighted by Gasteiger charge is 2.51. The molecule has 1 aliphatic heterocycles. The third-order valence-corrected chi connectivity index (χ3v) is 3.46. The summed E-state index contributed by atoms with van der Waals surface area (Å²) < 4.78 is 10.7. The average molecular weight is 242 g/mol. The van der Waals surface area contributed by atoms with Crippen LogP contribution in [0.3, 0.4) is 0 Å². The van der Waals surface area contributed by atoms with Crippen molar-refractivity contribution in [2.24, 2.45) is 5.41 Å². The molecule has 0 radical (unpaired) electrons. The van der Waals surface area contributed by atoms with Gasteiger partial charge in [0, 0.05) is 13.0 Å². The van der Waals surface area contributed by atoms with E-state index >= 15 is 0 Å². The number of rotatable bonds is 7. The van der Waals surface area contributed by atoms with Gasteiger partial charge >= 0.3 is 5.97 Å². The van der Waals surface area contributed by atoms with Crippen molar-refractivity contribution in [1.82, 2.24) is 0 Å². The number of unbranched alkanes of at least 4 members (excludes halogenated alkanes) is 1. The van der Waals surface area contributed by atoms with Gasteiger partial charge in [-0.2, -0.15) is 0 Å². The number of ether oxygens (including phenoxy) is 2. The molecule has 4 heteroatoms. The van der Waals surface area contributed by atoms with Crippen molar-refractivity contribution in [3.63, 3.8) is 0 Å². The summed E-state index contributed by atoms with van der Waals surface area (Å²) in [6.07, 6.45) is 2.79. The molecule has 1 rings (SSSR count). The highest BCUT2D eigenvalue weighted by atomic mass is 16.6. The fourth-order valence-electron chi connectivity index (χ4n) is 2.16. The number of carbonyl (C=O) groups excluding carboxylic acids is 2. The van der Waals surface area contributed by atoms with Gasteiger partial charge in [-0.1, -0.05) is 20.3 Å². The number of hydrogen-bond donors (Lipinski definition) is 0. The molecule has 0 amide bonds. The van der Waals surface area contributed by atoms with Crippen LogP contribution in [0.4, 0.5) is 0 Å². The van der Waals surface area contributed by atoms with E-state index in [0.717, 1.165) is 12.8 Å². The van der Waals surface area contributed by atoms with Crippen molar-refractivity contribution in [3.05, 3.63) is 0 Å². The van der Waals surface area contributed by atoms with Crippen molar-refractivity contribution < 1.29 is 19.1 Å². The molecule has 0 bridgehead atoms. The Hall–Kier alpha value is -0.900. The number of ketones is 1. The van der Waals surface area contributed by atoms with Gasteiger partial charge in [-0.25, -0.2) is 0 Å². The lowest BCUT2D eigenvalue weighted by molar-refractivity contribution is -0.153. The zero-order valence-corrected chi connectivity index (χ0v) is 11.0. The molecule has 1 fully saturated rings. The van der Waals surface area contributed by atoms with E-state index in [1.807, 2.05) is 6.92 Å². The smallest absolute Gasteiger partial charge is 0.320 e. The molecule has 0 aromatic rings. The Morgan fingerprint density at radius 1 is 1.53 bits per heavy atom. The molecule has 98 valence electrons. The van der Waals surface area contributed by atoms with Crippen molar-refractivity contribution >= 4 is 11.8 Å². The van der Waals surface area contributed by atoms with E-state index in [2.05, 4.69) is 6.92 Å². The van der Waals surface area contributed by atoms with Gasteiger partial charge in [0.1, 0.15) is 17.3 Å². The zero-order valence-electron chi connectivity index (χ0n) is 11.0. The molecule has 2 unspecified atom stereocenters. The second kappa shape index (κ2) is 6.15. The number of hydrogen-bond acceptors (Lipinski definition) is 4. The Kier molecular flexibility index (Phi) is 5.12. The lowest BCUT2D eigenvalue weighted by Crippen LogP contribution is -2.33. The van der Waals surface area contributed by atoms with Crippen molar-refractivity contribution in [1.29, 1.82) is 0 Å². The van der Waals surface area contributed by atoms with Crippen LogP contribution in [0.25, 0.3) is 0 Å². The molecule has 17 heavy (non-hydrogen) atoms. The number of Topliss-reactive ketones (excluding diaryl/α,β-unsaturated/α-hetero) is 1. The van der Waals surface area contributed by atoms with E-state index in [0.29, 0.717) is 26.1 Å². The lowest BCUT2D eigenvalue weighted by Gasteiger charge is -2.18. The molecule has 4 nitrogen and oxygen atoms in total. The molecule has 0 spiro atoms. The highest BCUT2D eigenvalue weighted by molar-refractivity contribution is 6.03. The van der Waals surface area contributed by atoms with Crippen LogP contribution >= 0.6 is 0 Å². The normalized spacial score (nSPS) is 28.2. The molecule has 0 aliphatic carbocycles. The molecule has 1 aliphatic rings. The SMILES string of the molecule is CCCCOCC1CC(CC)(C(C)=O)C(=O)O1. The summed E-state index contributed by atoms with van der Waals surface area (Å²) in [6, 6.07) is 0. The molecule has 2 atom stereocenters. The van der Waals surface area contributed by atoms with Gasteiger partial charge in [0.05, 0.1) is 6.61 Å². The number of esters is 1. The summed E-state index contributed by atoms with van der Waals surface area (Å²) in [5.41, 5.74) is -0.918. The van der Waals surface area contributed by atoms with Gasteiger partial charge in [-0.05, 0) is 19.8 Å². The first-order valence-corrected chi connectivity index (χ1v) is 6.36. The molecule has 1 heterocycles. The van der Waals surface area contributed by atoms with E-state index in [1.54, 1.807) is 0 Å². The highest BCUT2D eigenvalue weighted by Crippen LogP contribution is 2.38. The van der Waals surface area contributed by atoms with E-state index < -0.39 is 5.41 Å². The van der Waals surface area contributed by atoms with Crippen LogP contribution in [-0.4, -0.2) is 31.1 Å². The third-order valence-electron chi connectivity index (χ3n) is 3.46. The maximum atomic E-state index is 11.8. The van der Waals surface area contributed by atoms with Gasteiger partial charge < -0.3 is 9.47 Å². The third kappa shape index (κ3) is 3.06. The monoisotopic (exact) mass is 242 g/mol. The van der Waals surface area contributed by atoms with Crippen molar-refractivity contribution in [2.45, 2.75) is 52.6 Å². The van der Waals surface area contributed by atoms with E-state index in [9.17, 15) is 9.59 Å². The Morgan fingerprint density at radius 3 is 2.71 bits per heavy atom. The fourth-order valence-corrected chi connectivity index (χ4v) is 2.16. The Labute approximate surface area is 103 Å². The first kappa shape index (κ1) is 14.2. The average Bonchev–Trinajstić information content (AvgIpc) is 2.62. The predicted molar refractivity (Wildman–Crippen MR) is 63.6 cm³/mol. The number of carbonyl (C=O) groups is 2. The van der Waals surface area contributed by atoms with E-state index in [1.165, 1.54) is 6.92 Å². The van der Waals surface area contributed by atoms with Crippen LogP contribution in [0.5, 0.6) is 0 Å². The largest absolute Gasteiger partial charge is 0.459 e. The van der Waals surface area contributed by atoms with Gasteiger partial charge in [-0.15, -0.1) is 0 Å². The van der Waals surface area contributed by atoms with Gasteiger partial charge in [0.25, 0.3) is 0 Å². The molecule has 0 saturated carbocycles. The number of cyclic esters (lactones) is 1. The Morgan fingerprint density at radius 2 is 2.24 bits per heavy atom. The summed E-state index contributed by atoms with van der Waals surface area (Å²) in [6.45, 7) is 6.50. The van der Waals surface area contributed by atoms with Crippen LogP contribution in [0.2, 0.25) is 0 Å². The minimum atomic E-state index is -0.918. The summed E-state index contributed by atoms with van der Waals surface area (Å²) in [4.78, 5) is 23.4. The molecule has 0 aromatic heterocycles. The Balaban J connectivity index is 2.48. The molecule has 1 saturated heterocycles. The predicted octanol–water partition coefficient (Wildman–Crippen LogP) is 2.10. The summed E-state index contributed by atoms with van der Waals surface area (Å²) >= 11 is 0. The van der Waals surface area contributed by atoms with Crippen molar-refractivity contribution in [2.75, 3.05) is 13.2 Å². The standard InChI is InChI=1S/C13H22O4/c1-4-6-7-16-9-11-8-13(5-2,10(3)14)12(15)17-11/h11H,4-9H2,1-3H3.